The molecule has 1 saturated heterocycles. The van der Waals surface area contributed by atoms with Crippen LogP contribution >= 0.6 is 11.6 Å². The van der Waals surface area contributed by atoms with Crippen molar-refractivity contribution in [3.05, 3.63) is 34.3 Å². The van der Waals surface area contributed by atoms with E-state index in [0.717, 1.165) is 44.7 Å². The maximum atomic E-state index is 12.5. The monoisotopic (exact) mass is 274 g/mol. The van der Waals surface area contributed by atoms with Crippen molar-refractivity contribution < 1.29 is 8.78 Å². The summed E-state index contributed by atoms with van der Waals surface area (Å²) in [5, 5.41) is 3.74. The highest BCUT2D eigenvalue weighted by Gasteiger charge is 2.12. The summed E-state index contributed by atoms with van der Waals surface area (Å²) in [6.07, 6.45) is -1.65. The molecule has 1 N–H and O–H groups in total. The molecule has 5 heteroatoms. The Labute approximate surface area is 111 Å². The third kappa shape index (κ3) is 3.64. The van der Waals surface area contributed by atoms with Crippen molar-refractivity contribution in [1.82, 2.24) is 10.2 Å². The first-order chi connectivity index (χ1) is 8.66. The number of piperazine rings is 1. The first-order valence-corrected chi connectivity index (χ1v) is 6.54. The molecule has 1 heterocycles. The molecule has 18 heavy (non-hydrogen) atoms. The van der Waals surface area contributed by atoms with Gasteiger partial charge in [-0.1, -0.05) is 23.7 Å². The Morgan fingerprint density at radius 3 is 2.61 bits per heavy atom. The molecule has 0 unspecified atom stereocenters. The van der Waals surface area contributed by atoms with E-state index < -0.39 is 6.43 Å². The van der Waals surface area contributed by atoms with Gasteiger partial charge in [0.15, 0.2) is 0 Å². The van der Waals surface area contributed by atoms with Crippen molar-refractivity contribution >= 4 is 11.6 Å². The first-order valence-electron chi connectivity index (χ1n) is 6.16. The molecule has 100 valence electrons. The normalized spacial score (nSPS) is 17.3. The molecular weight excluding hydrogens is 258 g/mol. The Morgan fingerprint density at radius 1 is 1.28 bits per heavy atom. The number of halogens is 3. The molecule has 1 aliphatic heterocycles. The molecule has 0 bridgehead atoms. The van der Waals surface area contributed by atoms with Gasteiger partial charge >= 0.3 is 0 Å². The van der Waals surface area contributed by atoms with Crippen LogP contribution in [0.15, 0.2) is 18.2 Å². The summed E-state index contributed by atoms with van der Waals surface area (Å²) in [4.78, 5) is 2.36. The summed E-state index contributed by atoms with van der Waals surface area (Å²) in [5.74, 6) is 0. The lowest BCUT2D eigenvalue weighted by Gasteiger charge is -2.27. The molecule has 0 aromatic heterocycles. The molecule has 0 radical (unpaired) electrons. The Balaban J connectivity index is 1.92. The minimum Gasteiger partial charge on any atom is -0.314 e. The molecular formula is C13H17ClF2N2. The largest absolute Gasteiger partial charge is 0.314 e. The van der Waals surface area contributed by atoms with Gasteiger partial charge in [-0.15, -0.1) is 0 Å². The van der Waals surface area contributed by atoms with E-state index in [0.29, 0.717) is 5.02 Å². The zero-order valence-electron chi connectivity index (χ0n) is 10.1. The van der Waals surface area contributed by atoms with Crippen molar-refractivity contribution in [2.24, 2.45) is 0 Å². The minimum atomic E-state index is -2.45. The number of rotatable bonds is 4. The van der Waals surface area contributed by atoms with Crippen LogP contribution < -0.4 is 5.32 Å². The maximum Gasteiger partial charge on any atom is 0.263 e. The Bertz CT molecular complexity index is 393. The van der Waals surface area contributed by atoms with Crippen LogP contribution in [-0.4, -0.2) is 37.6 Å². The zero-order valence-corrected chi connectivity index (χ0v) is 10.9. The lowest BCUT2D eigenvalue weighted by molar-refractivity contribution is 0.151. The predicted octanol–water partition coefficient (Wildman–Crippen LogP) is 2.73. The van der Waals surface area contributed by atoms with Crippen LogP contribution in [0.5, 0.6) is 0 Å². The highest BCUT2D eigenvalue weighted by atomic mass is 35.5. The smallest absolute Gasteiger partial charge is 0.263 e. The SMILES string of the molecule is FC(F)c1ccc(CCN2CCNCC2)c(Cl)c1. The Kier molecular flexibility index (Phi) is 4.92. The molecule has 1 aromatic rings. The minimum absolute atomic E-state index is 0.00841. The highest BCUT2D eigenvalue weighted by molar-refractivity contribution is 6.31. The van der Waals surface area contributed by atoms with E-state index >= 15 is 0 Å². The second kappa shape index (κ2) is 6.45. The highest BCUT2D eigenvalue weighted by Crippen LogP contribution is 2.25. The Morgan fingerprint density at radius 2 is 2.00 bits per heavy atom. The molecule has 0 amide bonds. The van der Waals surface area contributed by atoms with Gasteiger partial charge in [0, 0.05) is 43.3 Å². The third-order valence-electron chi connectivity index (χ3n) is 3.24. The van der Waals surface area contributed by atoms with Crippen LogP contribution in [-0.2, 0) is 6.42 Å². The molecule has 1 fully saturated rings. The number of hydrogen-bond acceptors (Lipinski definition) is 2. The standard InChI is InChI=1S/C13H17ClF2N2/c14-12-9-11(13(15)16)2-1-10(12)3-6-18-7-4-17-5-8-18/h1-2,9,13,17H,3-8H2. The summed E-state index contributed by atoms with van der Waals surface area (Å²) in [6.45, 7) is 5.02. The van der Waals surface area contributed by atoms with E-state index in [9.17, 15) is 8.78 Å². The van der Waals surface area contributed by atoms with Crippen LogP contribution in [0.25, 0.3) is 0 Å². The molecule has 2 rings (SSSR count). The van der Waals surface area contributed by atoms with Crippen molar-refractivity contribution in [3.63, 3.8) is 0 Å². The number of benzene rings is 1. The number of nitrogens with one attached hydrogen (secondary N) is 1. The molecule has 0 aliphatic carbocycles. The van der Waals surface area contributed by atoms with Gasteiger partial charge in [0.2, 0.25) is 0 Å². The average molecular weight is 275 g/mol. The third-order valence-corrected chi connectivity index (χ3v) is 3.59. The second-order valence-corrected chi connectivity index (χ2v) is 4.90. The van der Waals surface area contributed by atoms with Gasteiger partial charge in [0.1, 0.15) is 0 Å². The fraction of sp³-hybridized carbons (Fsp3) is 0.538. The van der Waals surface area contributed by atoms with Gasteiger partial charge in [0.05, 0.1) is 0 Å². The second-order valence-electron chi connectivity index (χ2n) is 4.49. The van der Waals surface area contributed by atoms with Gasteiger partial charge in [-0.3, -0.25) is 0 Å². The van der Waals surface area contributed by atoms with E-state index in [1.54, 1.807) is 6.07 Å². The first kappa shape index (κ1) is 13.7. The lowest BCUT2D eigenvalue weighted by Crippen LogP contribution is -2.44. The summed E-state index contributed by atoms with van der Waals surface area (Å²) in [5.41, 5.74) is 0.936. The number of alkyl halides is 2. The topological polar surface area (TPSA) is 15.3 Å². The van der Waals surface area contributed by atoms with E-state index in [2.05, 4.69) is 10.2 Å². The summed E-state index contributed by atoms with van der Waals surface area (Å²) < 4.78 is 25.0. The van der Waals surface area contributed by atoms with Crippen molar-refractivity contribution in [2.75, 3.05) is 32.7 Å². The average Bonchev–Trinajstić information content (AvgIpc) is 2.38. The van der Waals surface area contributed by atoms with Crippen LogP contribution in [0.4, 0.5) is 8.78 Å². The van der Waals surface area contributed by atoms with E-state index in [4.69, 9.17) is 11.6 Å². The van der Waals surface area contributed by atoms with Crippen LogP contribution in [0.3, 0.4) is 0 Å². The van der Waals surface area contributed by atoms with Gasteiger partial charge in [-0.25, -0.2) is 8.78 Å². The summed E-state index contributed by atoms with van der Waals surface area (Å²) in [6, 6.07) is 4.55. The fourth-order valence-electron chi connectivity index (χ4n) is 2.12. The van der Waals surface area contributed by atoms with E-state index in [-0.39, 0.29) is 5.56 Å². The van der Waals surface area contributed by atoms with Gasteiger partial charge in [-0.05, 0) is 18.1 Å². The number of hydrogen-bond donors (Lipinski definition) is 1. The van der Waals surface area contributed by atoms with E-state index in [1.165, 1.54) is 12.1 Å². The summed E-state index contributed by atoms with van der Waals surface area (Å²) in [7, 11) is 0. The molecule has 2 nitrogen and oxygen atoms in total. The Hall–Kier alpha value is -0.710. The zero-order chi connectivity index (χ0) is 13.0. The van der Waals surface area contributed by atoms with Gasteiger partial charge < -0.3 is 10.2 Å². The summed E-state index contributed by atoms with van der Waals surface area (Å²) >= 11 is 6.03. The molecule has 0 atom stereocenters. The van der Waals surface area contributed by atoms with E-state index in [1.807, 2.05) is 0 Å². The van der Waals surface area contributed by atoms with Crippen LogP contribution in [0.2, 0.25) is 5.02 Å². The predicted molar refractivity (Wildman–Crippen MR) is 69.4 cm³/mol. The molecule has 0 spiro atoms. The van der Waals surface area contributed by atoms with Crippen LogP contribution in [0.1, 0.15) is 17.6 Å². The maximum absolute atomic E-state index is 12.5. The van der Waals surface area contributed by atoms with Gasteiger partial charge in [-0.2, -0.15) is 0 Å². The molecule has 0 saturated carbocycles. The lowest BCUT2D eigenvalue weighted by atomic mass is 10.1. The molecule has 1 aromatic carbocycles. The molecule has 1 aliphatic rings. The van der Waals surface area contributed by atoms with Crippen molar-refractivity contribution in [1.29, 1.82) is 0 Å². The number of nitrogens with zero attached hydrogens (tertiary/aromatic N) is 1. The van der Waals surface area contributed by atoms with Crippen molar-refractivity contribution in [3.8, 4) is 0 Å². The van der Waals surface area contributed by atoms with Crippen molar-refractivity contribution in [2.45, 2.75) is 12.8 Å². The quantitative estimate of drug-likeness (QED) is 0.908. The van der Waals surface area contributed by atoms with Crippen LogP contribution in [0, 0.1) is 0 Å². The fourth-order valence-corrected chi connectivity index (χ4v) is 2.40. The van der Waals surface area contributed by atoms with Gasteiger partial charge in [0.25, 0.3) is 6.43 Å².